The van der Waals surface area contributed by atoms with E-state index in [0.717, 1.165) is 42.6 Å². The number of anilines is 1. The van der Waals surface area contributed by atoms with E-state index in [2.05, 4.69) is 9.88 Å². The molecule has 2 aromatic rings. The number of thiazole rings is 1. The second-order valence-corrected chi connectivity index (χ2v) is 6.69. The van der Waals surface area contributed by atoms with Crippen molar-refractivity contribution in [2.45, 2.75) is 12.8 Å². The van der Waals surface area contributed by atoms with Gasteiger partial charge in [0.2, 0.25) is 5.91 Å². The van der Waals surface area contributed by atoms with Crippen molar-refractivity contribution in [1.82, 2.24) is 9.88 Å². The zero-order valence-corrected chi connectivity index (χ0v) is 13.8. The number of carbonyl (C=O) groups is 1. The van der Waals surface area contributed by atoms with Gasteiger partial charge in [0.15, 0.2) is 0 Å². The van der Waals surface area contributed by atoms with Crippen LogP contribution in [0.2, 0.25) is 5.02 Å². The topological polar surface area (TPSA) is 36.4 Å². The first-order chi connectivity index (χ1) is 10.7. The van der Waals surface area contributed by atoms with Crippen LogP contribution in [0.1, 0.15) is 11.4 Å². The molecule has 1 amide bonds. The highest BCUT2D eigenvalue weighted by molar-refractivity contribution is 7.09. The van der Waals surface area contributed by atoms with E-state index in [1.807, 2.05) is 34.5 Å². The number of carbonyl (C=O) groups excluding carboxylic acids is 1. The zero-order chi connectivity index (χ0) is 15.4. The number of aryl methyl sites for hydroxylation is 1. The predicted octanol–water partition coefficient (Wildman–Crippen LogP) is 3.08. The Balaban J connectivity index is 1.48. The monoisotopic (exact) mass is 335 g/mol. The van der Waals surface area contributed by atoms with Gasteiger partial charge in [-0.2, -0.15) is 0 Å². The molecule has 116 valence electrons. The number of hydrogen-bond acceptors (Lipinski definition) is 4. The van der Waals surface area contributed by atoms with Crippen LogP contribution < -0.4 is 4.90 Å². The lowest BCUT2D eigenvalue weighted by Crippen LogP contribution is -2.48. The van der Waals surface area contributed by atoms with E-state index in [1.54, 1.807) is 17.5 Å². The number of hydrogen-bond donors (Lipinski definition) is 0. The van der Waals surface area contributed by atoms with Crippen LogP contribution in [-0.4, -0.2) is 42.0 Å². The summed E-state index contributed by atoms with van der Waals surface area (Å²) in [5.41, 5.74) is 1.17. The quantitative estimate of drug-likeness (QED) is 0.861. The van der Waals surface area contributed by atoms with E-state index in [1.165, 1.54) is 5.69 Å². The molecule has 1 aromatic heterocycles. The molecule has 0 bridgehead atoms. The van der Waals surface area contributed by atoms with E-state index in [-0.39, 0.29) is 5.91 Å². The van der Waals surface area contributed by atoms with E-state index < -0.39 is 0 Å². The minimum Gasteiger partial charge on any atom is -0.368 e. The molecule has 0 atom stereocenters. The van der Waals surface area contributed by atoms with Gasteiger partial charge in [-0.25, -0.2) is 4.98 Å². The third-order valence-corrected chi connectivity index (χ3v) is 4.95. The van der Waals surface area contributed by atoms with Crippen molar-refractivity contribution in [1.29, 1.82) is 0 Å². The number of amides is 1. The maximum atomic E-state index is 12.2. The van der Waals surface area contributed by atoms with Crippen LogP contribution in [-0.2, 0) is 11.2 Å². The number of piperazine rings is 1. The lowest BCUT2D eigenvalue weighted by atomic mass is 10.2. The summed E-state index contributed by atoms with van der Waals surface area (Å²) in [6.45, 7) is 3.29. The highest BCUT2D eigenvalue weighted by atomic mass is 35.5. The number of benzene rings is 1. The molecule has 0 N–H and O–H groups in total. The Morgan fingerprint density at radius 1 is 1.18 bits per heavy atom. The summed E-state index contributed by atoms with van der Waals surface area (Å²) in [4.78, 5) is 20.7. The van der Waals surface area contributed by atoms with Crippen molar-refractivity contribution >= 4 is 34.5 Å². The summed E-state index contributed by atoms with van der Waals surface area (Å²) in [6.07, 6.45) is 3.08. The molecule has 1 saturated heterocycles. The molecule has 0 saturated carbocycles. The second-order valence-electron chi connectivity index (χ2n) is 5.27. The fourth-order valence-corrected chi connectivity index (χ4v) is 3.36. The summed E-state index contributed by atoms with van der Waals surface area (Å²) in [7, 11) is 0. The summed E-state index contributed by atoms with van der Waals surface area (Å²) in [6, 6.07) is 7.87. The molecule has 0 radical (unpaired) electrons. The van der Waals surface area contributed by atoms with Gasteiger partial charge in [-0.3, -0.25) is 4.79 Å². The lowest BCUT2D eigenvalue weighted by Gasteiger charge is -2.36. The normalized spacial score (nSPS) is 15.1. The van der Waals surface area contributed by atoms with E-state index in [0.29, 0.717) is 6.42 Å². The summed E-state index contributed by atoms with van der Waals surface area (Å²) >= 11 is 7.53. The minimum atomic E-state index is 0.228. The Morgan fingerprint density at radius 2 is 1.91 bits per heavy atom. The molecule has 0 spiro atoms. The summed E-state index contributed by atoms with van der Waals surface area (Å²) in [5.74, 6) is 0.228. The van der Waals surface area contributed by atoms with Crippen LogP contribution in [0.25, 0.3) is 0 Å². The van der Waals surface area contributed by atoms with Gasteiger partial charge >= 0.3 is 0 Å². The number of halogens is 1. The molecule has 0 unspecified atom stereocenters. The smallest absolute Gasteiger partial charge is 0.223 e. The van der Waals surface area contributed by atoms with Crippen LogP contribution in [0.3, 0.4) is 0 Å². The average molecular weight is 336 g/mol. The van der Waals surface area contributed by atoms with Crippen LogP contribution in [0, 0.1) is 0 Å². The van der Waals surface area contributed by atoms with Gasteiger partial charge in [-0.1, -0.05) is 11.6 Å². The molecule has 6 heteroatoms. The largest absolute Gasteiger partial charge is 0.368 e. The molecular weight excluding hydrogens is 318 g/mol. The zero-order valence-electron chi connectivity index (χ0n) is 12.2. The molecule has 3 rings (SSSR count). The standard InChI is InChI=1S/C16H18ClN3OS/c17-13-1-3-14(4-2-13)19-8-10-20(11-9-19)16(21)6-5-15-18-7-12-22-15/h1-4,7,12H,5-6,8-11H2. The van der Waals surface area contributed by atoms with Crippen LogP contribution >= 0.6 is 22.9 Å². The molecule has 4 nitrogen and oxygen atoms in total. The van der Waals surface area contributed by atoms with E-state index in [4.69, 9.17) is 11.6 Å². The fraction of sp³-hybridized carbons (Fsp3) is 0.375. The first kappa shape index (κ1) is 15.3. The number of nitrogens with zero attached hydrogens (tertiary/aromatic N) is 3. The van der Waals surface area contributed by atoms with Gasteiger partial charge in [-0.05, 0) is 24.3 Å². The van der Waals surface area contributed by atoms with Crippen LogP contribution in [0.15, 0.2) is 35.8 Å². The van der Waals surface area contributed by atoms with E-state index >= 15 is 0 Å². The Kier molecular flexibility index (Phi) is 4.95. The van der Waals surface area contributed by atoms with Gasteiger partial charge < -0.3 is 9.80 Å². The molecule has 22 heavy (non-hydrogen) atoms. The summed E-state index contributed by atoms with van der Waals surface area (Å²) in [5, 5.41) is 3.73. The Labute approximate surface area is 139 Å². The van der Waals surface area contributed by atoms with E-state index in [9.17, 15) is 4.79 Å². The SMILES string of the molecule is O=C(CCc1nccs1)N1CCN(c2ccc(Cl)cc2)CC1. The number of rotatable bonds is 4. The van der Waals surface area contributed by atoms with Gasteiger partial charge in [0.05, 0.1) is 5.01 Å². The average Bonchev–Trinajstić information content (AvgIpc) is 3.07. The third kappa shape index (κ3) is 3.78. The maximum Gasteiger partial charge on any atom is 0.223 e. The molecule has 2 heterocycles. The predicted molar refractivity (Wildman–Crippen MR) is 90.7 cm³/mol. The van der Waals surface area contributed by atoms with Crippen LogP contribution in [0.4, 0.5) is 5.69 Å². The second kappa shape index (κ2) is 7.11. The molecular formula is C16H18ClN3OS. The molecule has 1 fully saturated rings. The third-order valence-electron chi connectivity index (χ3n) is 3.86. The number of aromatic nitrogens is 1. The van der Waals surface area contributed by atoms with Gasteiger partial charge in [-0.15, -0.1) is 11.3 Å². The minimum absolute atomic E-state index is 0.228. The van der Waals surface area contributed by atoms with Crippen molar-refractivity contribution in [3.8, 4) is 0 Å². The van der Waals surface area contributed by atoms with Gasteiger partial charge in [0.1, 0.15) is 0 Å². The maximum absolute atomic E-state index is 12.2. The molecule has 0 aliphatic carbocycles. The Bertz CT molecular complexity index is 607. The first-order valence-corrected chi connectivity index (χ1v) is 8.65. The van der Waals surface area contributed by atoms with Crippen molar-refractivity contribution in [2.75, 3.05) is 31.1 Å². The van der Waals surface area contributed by atoms with Crippen molar-refractivity contribution < 1.29 is 4.79 Å². The van der Waals surface area contributed by atoms with Crippen molar-refractivity contribution in [3.05, 3.63) is 45.9 Å². The first-order valence-electron chi connectivity index (χ1n) is 7.39. The van der Waals surface area contributed by atoms with Gasteiger partial charge in [0, 0.05) is 61.3 Å². The lowest BCUT2D eigenvalue weighted by molar-refractivity contribution is -0.131. The molecule has 1 aliphatic rings. The highest BCUT2D eigenvalue weighted by Crippen LogP contribution is 2.19. The van der Waals surface area contributed by atoms with Crippen LogP contribution in [0.5, 0.6) is 0 Å². The Morgan fingerprint density at radius 3 is 2.55 bits per heavy atom. The Hall–Kier alpha value is -1.59. The van der Waals surface area contributed by atoms with Crippen molar-refractivity contribution in [3.63, 3.8) is 0 Å². The highest BCUT2D eigenvalue weighted by Gasteiger charge is 2.21. The van der Waals surface area contributed by atoms with Gasteiger partial charge in [0.25, 0.3) is 0 Å². The molecule has 1 aromatic carbocycles. The fourth-order valence-electron chi connectivity index (χ4n) is 2.61. The molecule has 1 aliphatic heterocycles. The van der Waals surface area contributed by atoms with Crippen molar-refractivity contribution in [2.24, 2.45) is 0 Å². The summed E-state index contributed by atoms with van der Waals surface area (Å²) < 4.78 is 0.